The monoisotopic (exact) mass is 1100 g/mol. The van der Waals surface area contributed by atoms with Gasteiger partial charge in [0.2, 0.25) is 5.82 Å². The van der Waals surface area contributed by atoms with Gasteiger partial charge in [-0.1, -0.05) is 182 Å². The molecule has 0 fully saturated rings. The van der Waals surface area contributed by atoms with Crippen LogP contribution in [0.4, 0.5) is 35.1 Å². The first-order valence-electron chi connectivity index (χ1n) is 26.0. The zero-order chi connectivity index (χ0) is 56.7. The summed E-state index contributed by atoms with van der Waals surface area (Å²) in [6, 6.07) is 61.4. The van der Waals surface area contributed by atoms with Crippen LogP contribution in [0.1, 0.15) is 5.56 Å². The van der Waals surface area contributed by atoms with E-state index in [1.54, 1.807) is 84.9 Å². The number of hydrogen-bond donors (Lipinski definition) is 0. The Morgan fingerprint density at radius 1 is 0.265 bits per heavy atom. The van der Waals surface area contributed by atoms with Crippen LogP contribution in [0.25, 0.3) is 134 Å². The number of hydrogen-bond acceptors (Lipinski definition) is 6. The summed E-state index contributed by atoms with van der Waals surface area (Å²) in [5.41, 5.74) is -0.571. The number of benzene rings is 10. The molecular weight excluding hydrogens is 1070 g/mol. The molecule has 4 heterocycles. The van der Waals surface area contributed by atoms with Crippen LogP contribution in [0.3, 0.4) is 0 Å². The summed E-state index contributed by atoms with van der Waals surface area (Å²) in [5.74, 6) is -10.0. The molecule has 0 aliphatic rings. The molecule has 0 radical (unpaired) electrons. The van der Waals surface area contributed by atoms with Crippen LogP contribution in [-0.2, 0) is 6.18 Å². The van der Waals surface area contributed by atoms with Crippen molar-refractivity contribution >= 4 is 43.6 Å². The number of nitrogens with zero attached hydrogens (tertiary/aromatic N) is 8. The summed E-state index contributed by atoms with van der Waals surface area (Å²) in [5, 5.41) is 1.86. The second-order valence-corrected chi connectivity index (χ2v) is 19.6. The lowest BCUT2D eigenvalue weighted by molar-refractivity contribution is -0.137. The van der Waals surface area contributed by atoms with Crippen LogP contribution in [0.15, 0.2) is 218 Å². The predicted octanol–water partition coefficient (Wildman–Crippen LogP) is 17.6. The molecule has 16 heteroatoms. The molecule has 10 aromatic carbocycles. The average Bonchev–Trinajstić information content (AvgIpc) is 2.49. The number of aromatic nitrogens is 8. The Kier molecular flexibility index (Phi) is 12.0. The summed E-state index contributed by atoms with van der Waals surface area (Å²) in [4.78, 5) is 29.2. The van der Waals surface area contributed by atoms with Gasteiger partial charge in [0.05, 0.1) is 44.6 Å². The third-order valence-electron chi connectivity index (χ3n) is 14.6. The van der Waals surface area contributed by atoms with Crippen molar-refractivity contribution in [3.8, 4) is 90.8 Å². The van der Waals surface area contributed by atoms with Crippen LogP contribution < -0.4 is 0 Å². The van der Waals surface area contributed by atoms with Crippen molar-refractivity contribution in [2.45, 2.75) is 6.18 Å². The molecule has 8 nitrogen and oxygen atoms in total. The largest absolute Gasteiger partial charge is 0.416 e. The van der Waals surface area contributed by atoms with Crippen molar-refractivity contribution in [1.29, 1.82) is 0 Å². The van der Waals surface area contributed by atoms with Crippen molar-refractivity contribution < 1.29 is 35.1 Å². The van der Waals surface area contributed by atoms with Crippen molar-refractivity contribution in [1.82, 2.24) is 39.0 Å². The first-order valence-corrected chi connectivity index (χ1v) is 26.0. The van der Waals surface area contributed by atoms with Crippen LogP contribution >= 0.6 is 0 Å². The Bertz CT molecular complexity index is 4490. The van der Waals surface area contributed by atoms with Crippen molar-refractivity contribution in [3.05, 3.63) is 253 Å². The van der Waals surface area contributed by atoms with Crippen LogP contribution in [0, 0.1) is 29.1 Å². The summed E-state index contributed by atoms with van der Waals surface area (Å²) in [7, 11) is 0. The van der Waals surface area contributed by atoms with Gasteiger partial charge >= 0.3 is 6.18 Å². The number of fused-ring (bicyclic) bond motifs is 6. The molecule has 0 spiro atoms. The molecule has 0 unspecified atom stereocenters. The van der Waals surface area contributed by atoms with E-state index in [0.717, 1.165) is 0 Å². The molecule has 0 saturated carbocycles. The SMILES string of the molecule is Fc1c(F)c(F)c(-c2c(-n3c4ccccc4c4ccc(-c5nc(-c6ccccc6)nc(-c6ccccc6)n5)cc43)cc(C(F)(F)F)cc2-n2c3ccccc3c3ccc(-c4nc(-c5ccccc5)nc(-c5ccccc5)n4)cc32)c(F)c1F. The Morgan fingerprint density at radius 3 is 0.892 bits per heavy atom. The molecule has 4 aromatic heterocycles. The molecule has 0 N–H and O–H groups in total. The van der Waals surface area contributed by atoms with Gasteiger partial charge in [-0.25, -0.2) is 51.9 Å². The molecule has 83 heavy (non-hydrogen) atoms. The quantitative estimate of drug-likeness (QED) is 0.0813. The molecule has 0 aliphatic heterocycles. The Hall–Kier alpha value is -10.7. The van der Waals surface area contributed by atoms with Crippen molar-refractivity contribution in [3.63, 3.8) is 0 Å². The lowest BCUT2D eigenvalue weighted by Crippen LogP contribution is -2.13. The predicted molar refractivity (Wildman–Crippen MR) is 305 cm³/mol. The fraction of sp³-hybridized carbons (Fsp3) is 0.0149. The van der Waals surface area contributed by atoms with Crippen molar-refractivity contribution in [2.75, 3.05) is 0 Å². The van der Waals surface area contributed by atoms with E-state index in [9.17, 15) is 0 Å². The highest BCUT2D eigenvalue weighted by Crippen LogP contribution is 2.48. The van der Waals surface area contributed by atoms with E-state index < -0.39 is 63.3 Å². The third kappa shape index (κ3) is 8.61. The van der Waals surface area contributed by atoms with Gasteiger partial charge in [0, 0.05) is 60.5 Å². The second kappa shape index (κ2) is 19.8. The lowest BCUT2D eigenvalue weighted by Gasteiger charge is -2.23. The first kappa shape index (κ1) is 50.5. The van der Waals surface area contributed by atoms with E-state index in [2.05, 4.69) is 0 Å². The van der Waals surface area contributed by atoms with Crippen molar-refractivity contribution in [2.24, 2.45) is 0 Å². The maximum Gasteiger partial charge on any atom is 0.416 e. The van der Waals surface area contributed by atoms with Gasteiger partial charge in [-0.15, -0.1) is 0 Å². The smallest absolute Gasteiger partial charge is 0.308 e. The van der Waals surface area contributed by atoms with E-state index in [-0.39, 0.29) is 33.7 Å². The number of halogens is 8. The summed E-state index contributed by atoms with van der Waals surface area (Å²) in [6.45, 7) is 0. The first-order chi connectivity index (χ1) is 40.4. The van der Waals surface area contributed by atoms with E-state index in [1.807, 2.05) is 121 Å². The lowest BCUT2D eigenvalue weighted by atomic mass is 9.96. The van der Waals surface area contributed by atoms with Gasteiger partial charge < -0.3 is 9.13 Å². The minimum atomic E-state index is -5.18. The van der Waals surface area contributed by atoms with E-state index in [0.29, 0.717) is 90.4 Å². The normalized spacial score (nSPS) is 11.9. The summed E-state index contributed by atoms with van der Waals surface area (Å²) in [6.07, 6.45) is -5.18. The van der Waals surface area contributed by atoms with Gasteiger partial charge in [0.25, 0.3) is 0 Å². The fourth-order valence-electron chi connectivity index (χ4n) is 10.8. The second-order valence-electron chi connectivity index (χ2n) is 19.6. The topological polar surface area (TPSA) is 87.2 Å². The van der Waals surface area contributed by atoms with Crippen LogP contribution in [0.2, 0.25) is 0 Å². The standard InChI is InChI=1S/C67H36F8N8/c68-56-55(57(69)59(71)60(72)58(56)70)54-52(82-48-27-15-13-25-44(48)46-31-29-41(33-50(46)82)65-78-61(37-17-5-1-6-18-37)76-62(79-65)38-19-7-2-8-20-38)35-43(67(73,74)75)36-53(54)83-49-28-16-14-26-45(49)47-32-30-42(34-51(47)83)66-80-63(39-21-9-3-10-22-39)77-64(81-66)40-23-11-4-12-24-40/h1-36H. The highest BCUT2D eigenvalue weighted by Gasteiger charge is 2.37. The molecule has 0 atom stereocenters. The molecule has 0 bridgehead atoms. The van der Waals surface area contributed by atoms with Gasteiger partial charge in [-0.05, 0) is 36.4 Å². The summed E-state index contributed by atoms with van der Waals surface area (Å²) >= 11 is 0. The highest BCUT2D eigenvalue weighted by atomic mass is 19.4. The average molecular weight is 1110 g/mol. The van der Waals surface area contributed by atoms with Crippen LogP contribution in [0.5, 0.6) is 0 Å². The molecule has 0 amide bonds. The minimum absolute atomic E-state index is 0.159. The maximum absolute atomic E-state index is 17.2. The highest BCUT2D eigenvalue weighted by molar-refractivity contribution is 6.13. The van der Waals surface area contributed by atoms with E-state index >= 15 is 35.1 Å². The van der Waals surface area contributed by atoms with Gasteiger partial charge in [-0.2, -0.15) is 13.2 Å². The Balaban J connectivity index is 1.10. The number of para-hydroxylation sites is 2. The fourth-order valence-corrected chi connectivity index (χ4v) is 10.8. The number of rotatable bonds is 9. The minimum Gasteiger partial charge on any atom is -0.308 e. The Labute approximate surface area is 466 Å². The van der Waals surface area contributed by atoms with Gasteiger partial charge in [-0.3, -0.25) is 0 Å². The number of alkyl halides is 3. The van der Waals surface area contributed by atoms with E-state index in [1.165, 1.54) is 9.13 Å². The van der Waals surface area contributed by atoms with Gasteiger partial charge in [0.1, 0.15) is 0 Å². The summed E-state index contributed by atoms with van der Waals surface area (Å²) < 4.78 is 133. The van der Waals surface area contributed by atoms with Crippen LogP contribution in [-0.4, -0.2) is 39.0 Å². The zero-order valence-electron chi connectivity index (χ0n) is 42.9. The molecule has 14 aromatic rings. The molecule has 14 rings (SSSR count). The third-order valence-corrected chi connectivity index (χ3v) is 14.6. The van der Waals surface area contributed by atoms with E-state index in [4.69, 9.17) is 29.9 Å². The molecule has 0 aliphatic carbocycles. The maximum atomic E-state index is 17.2. The molecule has 400 valence electrons. The molecular formula is C67H36F8N8. The van der Waals surface area contributed by atoms with Gasteiger partial charge in [0.15, 0.2) is 58.2 Å². The zero-order valence-corrected chi connectivity index (χ0v) is 42.9. The molecule has 0 saturated heterocycles. The Morgan fingerprint density at radius 2 is 0.554 bits per heavy atom.